The molecule has 0 unspecified atom stereocenters. The zero-order valence-corrected chi connectivity index (χ0v) is 18.8. The number of hydrogen-bond donors (Lipinski definition) is 0. The molecule has 0 N–H and O–H groups in total. The van der Waals surface area contributed by atoms with E-state index in [9.17, 15) is 9.59 Å². The number of aromatic nitrogens is 2. The zero-order chi connectivity index (χ0) is 22.8. The summed E-state index contributed by atoms with van der Waals surface area (Å²) in [5.74, 6) is -0.0877. The Kier molecular flexibility index (Phi) is 5.84. The maximum absolute atomic E-state index is 13.1. The smallest absolute Gasteiger partial charge is 0.349 e. The fourth-order valence-electron chi connectivity index (χ4n) is 4.31. The van der Waals surface area contributed by atoms with E-state index in [0.717, 1.165) is 29.7 Å². The fourth-order valence-corrected chi connectivity index (χ4v) is 4.48. The topological polar surface area (TPSA) is 58.4 Å². The van der Waals surface area contributed by atoms with Gasteiger partial charge in [0, 0.05) is 47.8 Å². The third-order valence-electron chi connectivity index (χ3n) is 6.04. The normalized spacial score (nSPS) is 14.0. The Morgan fingerprint density at radius 3 is 2.24 bits per heavy atom. The van der Waals surface area contributed by atoms with Gasteiger partial charge in [-0.25, -0.2) is 4.79 Å². The summed E-state index contributed by atoms with van der Waals surface area (Å²) < 4.78 is 1.45. The van der Waals surface area contributed by atoms with Crippen LogP contribution in [0.3, 0.4) is 0 Å². The fraction of sp³-hybridized carbons (Fsp3) is 0.192. The SMILES string of the molecule is O=C(Cn1c(=O)nc(-c2ccccc2)c2cc(Cl)ccc21)N1CCN(c2ccccc2)CC1. The van der Waals surface area contributed by atoms with Crippen molar-refractivity contribution < 1.29 is 4.79 Å². The van der Waals surface area contributed by atoms with Gasteiger partial charge < -0.3 is 9.80 Å². The largest absolute Gasteiger partial charge is 0.368 e. The molecule has 0 atom stereocenters. The molecular weight excluding hydrogens is 436 g/mol. The van der Waals surface area contributed by atoms with Crippen LogP contribution in [0, 0.1) is 0 Å². The first-order valence-corrected chi connectivity index (χ1v) is 11.3. The molecule has 1 amide bonds. The number of benzene rings is 3. The van der Waals surface area contributed by atoms with Crippen LogP contribution in [-0.4, -0.2) is 46.5 Å². The third-order valence-corrected chi connectivity index (χ3v) is 6.27. The molecule has 2 heterocycles. The lowest BCUT2D eigenvalue weighted by molar-refractivity contribution is -0.132. The van der Waals surface area contributed by atoms with E-state index in [1.54, 1.807) is 18.2 Å². The molecule has 5 rings (SSSR count). The molecule has 33 heavy (non-hydrogen) atoms. The second-order valence-electron chi connectivity index (χ2n) is 8.06. The molecule has 6 nitrogen and oxygen atoms in total. The monoisotopic (exact) mass is 458 g/mol. The van der Waals surface area contributed by atoms with Crippen LogP contribution in [0.2, 0.25) is 5.02 Å². The van der Waals surface area contributed by atoms with Crippen LogP contribution in [0.25, 0.3) is 22.2 Å². The molecule has 0 aliphatic carbocycles. The van der Waals surface area contributed by atoms with Crippen molar-refractivity contribution in [2.24, 2.45) is 0 Å². The van der Waals surface area contributed by atoms with Crippen molar-refractivity contribution in [3.8, 4) is 11.3 Å². The van der Waals surface area contributed by atoms with Gasteiger partial charge in [0.1, 0.15) is 6.54 Å². The number of fused-ring (bicyclic) bond motifs is 1. The van der Waals surface area contributed by atoms with Crippen LogP contribution in [0.4, 0.5) is 5.69 Å². The minimum Gasteiger partial charge on any atom is -0.368 e. The summed E-state index contributed by atoms with van der Waals surface area (Å²) in [5, 5.41) is 1.30. The summed E-state index contributed by atoms with van der Waals surface area (Å²) in [5.41, 5.74) is 2.76. The molecule has 1 aromatic heterocycles. The van der Waals surface area contributed by atoms with E-state index in [2.05, 4.69) is 22.0 Å². The molecule has 0 bridgehead atoms. The van der Waals surface area contributed by atoms with Crippen molar-refractivity contribution in [2.75, 3.05) is 31.1 Å². The van der Waals surface area contributed by atoms with Gasteiger partial charge in [-0.15, -0.1) is 0 Å². The third kappa shape index (κ3) is 4.34. The molecule has 4 aromatic rings. The van der Waals surface area contributed by atoms with Gasteiger partial charge in [-0.05, 0) is 30.3 Å². The lowest BCUT2D eigenvalue weighted by Crippen LogP contribution is -2.50. The number of carbonyl (C=O) groups is 1. The highest BCUT2D eigenvalue weighted by atomic mass is 35.5. The number of nitrogens with zero attached hydrogens (tertiary/aromatic N) is 4. The number of rotatable bonds is 4. The minimum absolute atomic E-state index is 0.0512. The number of halogens is 1. The Labute approximate surface area is 196 Å². The van der Waals surface area contributed by atoms with E-state index in [4.69, 9.17) is 11.6 Å². The average molecular weight is 459 g/mol. The second-order valence-corrected chi connectivity index (χ2v) is 8.50. The lowest BCUT2D eigenvalue weighted by Gasteiger charge is -2.36. The van der Waals surface area contributed by atoms with Gasteiger partial charge >= 0.3 is 5.69 Å². The lowest BCUT2D eigenvalue weighted by atomic mass is 10.1. The minimum atomic E-state index is -0.444. The Bertz CT molecular complexity index is 1350. The summed E-state index contributed by atoms with van der Waals surface area (Å²) in [7, 11) is 0. The highest BCUT2D eigenvalue weighted by Gasteiger charge is 2.23. The maximum atomic E-state index is 13.1. The molecule has 3 aromatic carbocycles. The van der Waals surface area contributed by atoms with Crippen molar-refractivity contribution in [3.63, 3.8) is 0 Å². The van der Waals surface area contributed by atoms with Crippen molar-refractivity contribution in [2.45, 2.75) is 6.54 Å². The molecular formula is C26H23ClN4O2. The Balaban J connectivity index is 1.41. The molecule has 1 aliphatic heterocycles. The van der Waals surface area contributed by atoms with Crippen LogP contribution in [0.1, 0.15) is 0 Å². The van der Waals surface area contributed by atoms with E-state index in [-0.39, 0.29) is 12.5 Å². The number of hydrogen-bond acceptors (Lipinski definition) is 4. The van der Waals surface area contributed by atoms with Gasteiger partial charge in [-0.3, -0.25) is 9.36 Å². The zero-order valence-electron chi connectivity index (χ0n) is 18.0. The number of carbonyl (C=O) groups excluding carboxylic acids is 1. The standard InChI is InChI=1S/C26H23ClN4O2/c27-20-11-12-23-22(17-20)25(19-7-3-1-4-8-19)28-26(33)31(23)18-24(32)30-15-13-29(14-16-30)21-9-5-2-6-10-21/h1-12,17H,13-16,18H2. The molecule has 1 fully saturated rings. The van der Waals surface area contributed by atoms with Crippen LogP contribution in [-0.2, 0) is 11.3 Å². The molecule has 166 valence electrons. The summed E-state index contributed by atoms with van der Waals surface area (Å²) in [6.07, 6.45) is 0. The Morgan fingerprint density at radius 1 is 0.879 bits per heavy atom. The summed E-state index contributed by atoms with van der Waals surface area (Å²) in [6.45, 7) is 2.69. The summed E-state index contributed by atoms with van der Waals surface area (Å²) >= 11 is 6.27. The Hall–Kier alpha value is -3.64. The number of amides is 1. The molecule has 0 spiro atoms. The number of piperazine rings is 1. The van der Waals surface area contributed by atoms with Crippen molar-refractivity contribution >= 4 is 34.1 Å². The van der Waals surface area contributed by atoms with E-state index < -0.39 is 5.69 Å². The predicted molar refractivity (Wildman–Crippen MR) is 132 cm³/mol. The Morgan fingerprint density at radius 2 is 1.55 bits per heavy atom. The number of para-hydroxylation sites is 1. The first kappa shape index (κ1) is 21.2. The predicted octanol–water partition coefficient (Wildman–Crippen LogP) is 4.07. The first-order valence-electron chi connectivity index (χ1n) is 10.9. The van der Waals surface area contributed by atoms with E-state index >= 15 is 0 Å². The molecule has 1 saturated heterocycles. The summed E-state index contributed by atoms with van der Waals surface area (Å²) in [4.78, 5) is 34.5. The number of anilines is 1. The first-order chi connectivity index (χ1) is 16.1. The molecule has 0 radical (unpaired) electrons. The van der Waals surface area contributed by atoms with E-state index in [1.165, 1.54) is 4.57 Å². The highest BCUT2D eigenvalue weighted by molar-refractivity contribution is 6.31. The van der Waals surface area contributed by atoms with Crippen LogP contribution in [0.5, 0.6) is 0 Å². The quantitative estimate of drug-likeness (QED) is 0.462. The van der Waals surface area contributed by atoms with Gasteiger partial charge in [0.05, 0.1) is 11.2 Å². The van der Waals surface area contributed by atoms with Crippen molar-refractivity contribution in [1.29, 1.82) is 0 Å². The van der Waals surface area contributed by atoms with E-state index in [0.29, 0.717) is 29.3 Å². The summed E-state index contributed by atoms with van der Waals surface area (Å²) in [6, 6.07) is 25.0. The van der Waals surface area contributed by atoms with E-state index in [1.807, 2.05) is 53.4 Å². The average Bonchev–Trinajstić information content (AvgIpc) is 2.86. The maximum Gasteiger partial charge on any atom is 0.349 e. The van der Waals surface area contributed by atoms with Crippen molar-refractivity contribution in [3.05, 3.63) is 94.4 Å². The highest BCUT2D eigenvalue weighted by Crippen LogP contribution is 2.28. The van der Waals surface area contributed by atoms with Gasteiger partial charge in [0.2, 0.25) is 5.91 Å². The van der Waals surface area contributed by atoms with Crippen LogP contribution >= 0.6 is 11.6 Å². The van der Waals surface area contributed by atoms with Gasteiger partial charge in [0.15, 0.2) is 0 Å². The van der Waals surface area contributed by atoms with Gasteiger partial charge in [-0.1, -0.05) is 60.1 Å². The van der Waals surface area contributed by atoms with Crippen molar-refractivity contribution in [1.82, 2.24) is 14.5 Å². The second kappa shape index (κ2) is 9.08. The van der Waals surface area contributed by atoms with Gasteiger partial charge in [0.25, 0.3) is 0 Å². The van der Waals surface area contributed by atoms with Gasteiger partial charge in [-0.2, -0.15) is 4.98 Å². The van der Waals surface area contributed by atoms with Crippen LogP contribution in [0.15, 0.2) is 83.7 Å². The molecule has 0 saturated carbocycles. The molecule has 1 aliphatic rings. The van der Waals surface area contributed by atoms with Crippen LogP contribution < -0.4 is 10.6 Å². The molecule has 7 heteroatoms.